The molecule has 1 aliphatic rings. The molecular weight excluding hydrogens is 575 g/mol. The maximum absolute atomic E-state index is 5.63. The van der Waals surface area contributed by atoms with E-state index in [4.69, 9.17) is 19.4 Å². The van der Waals surface area contributed by atoms with Crippen molar-refractivity contribution in [1.82, 2.24) is 18.1 Å². The first kappa shape index (κ1) is 23.7. The molecule has 1 aliphatic heterocycles. The summed E-state index contributed by atoms with van der Waals surface area (Å²) in [4.78, 5) is 13.4. The third-order valence-electron chi connectivity index (χ3n) is 6.31. The second kappa shape index (κ2) is 10.4. The molecule has 7 heteroatoms. The zero-order valence-corrected chi connectivity index (χ0v) is 22.5. The van der Waals surface area contributed by atoms with Gasteiger partial charge in [-0.05, 0) is 53.9 Å². The number of ether oxygens (including phenoxy) is 2. The molecule has 5 aromatic rings. The second-order valence-corrected chi connectivity index (χ2v) is 10.3. The van der Waals surface area contributed by atoms with E-state index in [1.165, 1.54) is 16.7 Å². The van der Waals surface area contributed by atoms with Crippen molar-refractivity contribution in [3.63, 3.8) is 0 Å². The van der Waals surface area contributed by atoms with E-state index in [1.54, 1.807) is 0 Å². The molecule has 6 rings (SSSR count). The van der Waals surface area contributed by atoms with E-state index < -0.39 is 0 Å². The Morgan fingerprint density at radius 3 is 2.49 bits per heavy atom. The number of benzene rings is 3. The summed E-state index contributed by atoms with van der Waals surface area (Å²) in [6.45, 7) is 3.67. The molecule has 0 amide bonds. The van der Waals surface area contributed by atoms with E-state index in [2.05, 4.69) is 79.5 Å². The molecule has 0 saturated heterocycles. The second-order valence-electron chi connectivity index (χ2n) is 8.94. The van der Waals surface area contributed by atoms with Gasteiger partial charge in [0.2, 0.25) is 6.79 Å². The first-order valence-electron chi connectivity index (χ1n) is 12.1. The molecule has 3 heterocycles. The van der Waals surface area contributed by atoms with Crippen LogP contribution in [0, 0.1) is 6.92 Å². The van der Waals surface area contributed by atoms with Gasteiger partial charge in [0.25, 0.3) is 0 Å². The van der Waals surface area contributed by atoms with Crippen molar-refractivity contribution in [1.29, 1.82) is 0 Å². The van der Waals surface area contributed by atoms with Crippen molar-refractivity contribution in [2.24, 2.45) is 0 Å². The van der Waals surface area contributed by atoms with Crippen molar-refractivity contribution < 1.29 is 9.47 Å². The molecule has 0 bridgehead atoms. The number of aromatic amines is 1. The molecule has 0 aliphatic carbocycles. The number of hydrogen-bond acceptors (Lipinski definition) is 5. The average Bonchev–Trinajstić information content (AvgIpc) is 3.56. The molecule has 0 saturated carbocycles. The normalized spacial score (nSPS) is 12.3. The van der Waals surface area contributed by atoms with Crippen LogP contribution in [-0.4, -0.2) is 24.9 Å². The molecule has 0 unspecified atom stereocenters. The highest BCUT2D eigenvalue weighted by atomic mass is 127. The standard InChI is InChI=1S/C30H25IN4O2/c1-20-8-7-13-25(32-20)30-29(22-14-15-26-27(16-22)37-19-36-26)33-28(34-30)18-35(31)17-23-11-5-6-12-24(23)21-9-3-2-4-10-21/h2-16H,17-19H2,1H3,(H,33,34). The lowest BCUT2D eigenvalue weighted by Gasteiger charge is -2.16. The van der Waals surface area contributed by atoms with Crippen molar-refractivity contribution in [2.75, 3.05) is 6.79 Å². The van der Waals surface area contributed by atoms with Gasteiger partial charge in [-0.25, -0.2) is 8.10 Å². The Balaban J connectivity index is 1.31. The van der Waals surface area contributed by atoms with Gasteiger partial charge >= 0.3 is 0 Å². The molecule has 3 aromatic carbocycles. The average molecular weight is 600 g/mol. The van der Waals surface area contributed by atoms with Crippen LogP contribution in [0.15, 0.2) is 91.0 Å². The van der Waals surface area contributed by atoms with Gasteiger partial charge in [0, 0.05) is 40.7 Å². The molecular formula is C30H25IN4O2. The number of aryl methyl sites for hydroxylation is 1. The number of pyridine rings is 1. The third-order valence-corrected chi connectivity index (χ3v) is 6.99. The fourth-order valence-corrected chi connectivity index (χ4v) is 5.27. The van der Waals surface area contributed by atoms with Crippen molar-refractivity contribution >= 4 is 22.9 Å². The lowest BCUT2D eigenvalue weighted by Crippen LogP contribution is -2.12. The molecule has 2 aromatic heterocycles. The van der Waals surface area contributed by atoms with Crippen LogP contribution in [0.2, 0.25) is 0 Å². The SMILES string of the molecule is Cc1cccc(-c2[nH]c(CN(I)Cc3ccccc3-c3ccccc3)nc2-c2ccc3c(c2)OCO3)n1. The third kappa shape index (κ3) is 5.10. The van der Waals surface area contributed by atoms with Gasteiger partial charge in [0.15, 0.2) is 11.5 Å². The zero-order valence-electron chi connectivity index (χ0n) is 20.3. The van der Waals surface area contributed by atoms with Crippen LogP contribution >= 0.6 is 22.9 Å². The lowest BCUT2D eigenvalue weighted by atomic mass is 10.00. The lowest BCUT2D eigenvalue weighted by molar-refractivity contribution is 0.174. The molecule has 0 fully saturated rings. The number of H-pyrrole nitrogens is 1. The predicted molar refractivity (Wildman–Crippen MR) is 153 cm³/mol. The number of imidazole rings is 1. The van der Waals surface area contributed by atoms with Crippen LogP contribution in [0.4, 0.5) is 0 Å². The fraction of sp³-hybridized carbons (Fsp3) is 0.133. The van der Waals surface area contributed by atoms with E-state index in [1.807, 2.05) is 49.4 Å². The monoisotopic (exact) mass is 600 g/mol. The highest BCUT2D eigenvalue weighted by Crippen LogP contribution is 2.38. The summed E-state index contributed by atoms with van der Waals surface area (Å²) < 4.78 is 13.4. The van der Waals surface area contributed by atoms with E-state index in [9.17, 15) is 0 Å². The first-order chi connectivity index (χ1) is 18.1. The van der Waals surface area contributed by atoms with Gasteiger partial charge in [-0.15, -0.1) is 0 Å². The summed E-state index contributed by atoms with van der Waals surface area (Å²) in [7, 11) is 0. The van der Waals surface area contributed by atoms with Crippen LogP contribution in [0.1, 0.15) is 17.1 Å². The minimum absolute atomic E-state index is 0.241. The Kier molecular flexibility index (Phi) is 6.63. The maximum Gasteiger partial charge on any atom is 0.231 e. The molecule has 6 nitrogen and oxygen atoms in total. The van der Waals surface area contributed by atoms with Crippen molar-refractivity contribution in [2.45, 2.75) is 20.0 Å². The minimum atomic E-state index is 0.241. The number of nitrogens with zero attached hydrogens (tertiary/aromatic N) is 3. The van der Waals surface area contributed by atoms with Crippen LogP contribution in [-0.2, 0) is 13.1 Å². The Bertz CT molecular complexity index is 1550. The Morgan fingerprint density at radius 2 is 1.62 bits per heavy atom. The number of hydrogen-bond donors (Lipinski definition) is 1. The van der Waals surface area contributed by atoms with Crippen LogP contribution < -0.4 is 9.47 Å². The van der Waals surface area contributed by atoms with E-state index in [-0.39, 0.29) is 6.79 Å². The molecule has 1 N–H and O–H groups in total. The summed E-state index contributed by atoms with van der Waals surface area (Å²) in [5.74, 6) is 2.36. The van der Waals surface area contributed by atoms with Crippen LogP contribution in [0.25, 0.3) is 33.8 Å². The first-order valence-corrected chi connectivity index (χ1v) is 13.1. The Labute approximate surface area is 229 Å². The summed E-state index contributed by atoms with van der Waals surface area (Å²) in [5.41, 5.74) is 8.26. The minimum Gasteiger partial charge on any atom is -0.454 e. The number of fused-ring (bicyclic) bond motifs is 1. The van der Waals surface area contributed by atoms with Crippen LogP contribution in [0.3, 0.4) is 0 Å². The van der Waals surface area contributed by atoms with Gasteiger partial charge in [0.05, 0.1) is 23.6 Å². The van der Waals surface area contributed by atoms with Crippen LogP contribution in [0.5, 0.6) is 11.5 Å². The maximum atomic E-state index is 5.63. The molecule has 0 spiro atoms. The number of nitrogens with one attached hydrogen (secondary N) is 1. The molecule has 0 atom stereocenters. The summed E-state index contributed by atoms with van der Waals surface area (Å²) in [6, 6.07) is 31.0. The number of rotatable bonds is 7. The zero-order chi connectivity index (χ0) is 25.2. The van der Waals surface area contributed by atoms with Crippen molar-refractivity contribution in [3.05, 3.63) is 108 Å². The summed E-state index contributed by atoms with van der Waals surface area (Å²) in [6.07, 6.45) is 0. The smallest absolute Gasteiger partial charge is 0.231 e. The Hall–Kier alpha value is -3.69. The Morgan fingerprint density at radius 1 is 0.811 bits per heavy atom. The van der Waals surface area contributed by atoms with E-state index in [0.717, 1.165) is 52.2 Å². The summed E-state index contributed by atoms with van der Waals surface area (Å²) in [5, 5.41) is 0. The highest BCUT2D eigenvalue weighted by Gasteiger charge is 2.20. The van der Waals surface area contributed by atoms with Gasteiger partial charge in [0.1, 0.15) is 5.82 Å². The topological polar surface area (TPSA) is 63.3 Å². The quantitative estimate of drug-likeness (QED) is 0.158. The fourth-order valence-electron chi connectivity index (χ4n) is 4.58. The van der Waals surface area contributed by atoms with E-state index >= 15 is 0 Å². The van der Waals surface area contributed by atoms with Gasteiger partial charge in [-0.1, -0.05) is 60.7 Å². The number of halogens is 1. The van der Waals surface area contributed by atoms with E-state index in [0.29, 0.717) is 6.54 Å². The molecule has 184 valence electrons. The van der Waals surface area contributed by atoms with Gasteiger partial charge in [-0.2, -0.15) is 0 Å². The highest BCUT2D eigenvalue weighted by molar-refractivity contribution is 14.1. The molecule has 37 heavy (non-hydrogen) atoms. The van der Waals surface area contributed by atoms with Gasteiger partial charge < -0.3 is 14.5 Å². The molecule has 0 radical (unpaired) electrons. The summed E-state index contributed by atoms with van der Waals surface area (Å²) >= 11 is 2.39. The van der Waals surface area contributed by atoms with Crippen molar-refractivity contribution in [3.8, 4) is 45.3 Å². The number of aromatic nitrogens is 3. The largest absolute Gasteiger partial charge is 0.454 e. The predicted octanol–water partition coefficient (Wildman–Crippen LogP) is 7.20. The van der Waals surface area contributed by atoms with Gasteiger partial charge in [-0.3, -0.25) is 4.98 Å².